The maximum Gasteiger partial charge on any atom is 0.282 e. The lowest BCUT2D eigenvalue weighted by Crippen LogP contribution is -2.22. The minimum absolute atomic E-state index is 0.104. The molecule has 0 saturated carbocycles. The predicted octanol–water partition coefficient (Wildman–Crippen LogP) is 6.32. The van der Waals surface area contributed by atoms with Crippen molar-refractivity contribution in [1.82, 2.24) is 9.66 Å². The molecular weight excluding hydrogens is 618 g/mol. The topological polar surface area (TPSA) is 65.7 Å². The van der Waals surface area contributed by atoms with Gasteiger partial charge in [0.1, 0.15) is 12.4 Å². The van der Waals surface area contributed by atoms with Crippen LogP contribution in [0.2, 0.25) is 0 Å². The fraction of sp³-hybridized carbons (Fsp3) is 0.292. The highest BCUT2D eigenvalue weighted by molar-refractivity contribution is 9.13. The van der Waals surface area contributed by atoms with E-state index in [-0.39, 0.29) is 12.2 Å². The first-order valence-corrected chi connectivity index (χ1v) is 12.8. The zero-order valence-corrected chi connectivity index (χ0v) is 23.0. The molecule has 0 aliphatic rings. The second-order valence-corrected chi connectivity index (χ2v) is 9.50. The molecule has 0 saturated heterocycles. The van der Waals surface area contributed by atoms with Crippen molar-refractivity contribution in [3.63, 3.8) is 0 Å². The van der Waals surface area contributed by atoms with E-state index in [0.717, 1.165) is 17.3 Å². The molecule has 9 heteroatoms. The molecule has 172 valence electrons. The number of aromatic nitrogens is 2. The highest BCUT2D eigenvalue weighted by Crippen LogP contribution is 2.42. The lowest BCUT2D eigenvalue weighted by atomic mass is 10.2. The van der Waals surface area contributed by atoms with Crippen LogP contribution in [0, 0.1) is 12.3 Å². The van der Waals surface area contributed by atoms with Crippen LogP contribution in [-0.2, 0) is 6.42 Å². The summed E-state index contributed by atoms with van der Waals surface area (Å²) in [5, 5.41) is 5.02. The van der Waals surface area contributed by atoms with E-state index >= 15 is 0 Å². The van der Waals surface area contributed by atoms with Crippen molar-refractivity contribution >= 4 is 64.9 Å². The third kappa shape index (κ3) is 5.86. The molecular formula is C24H22Br3N3O3. The Kier molecular flexibility index (Phi) is 9.12. The molecule has 0 bridgehead atoms. The van der Waals surface area contributed by atoms with E-state index in [1.54, 1.807) is 18.3 Å². The molecule has 0 aliphatic heterocycles. The average Bonchev–Trinajstić information content (AvgIpc) is 2.80. The molecule has 0 spiro atoms. The Morgan fingerprint density at radius 1 is 1.18 bits per heavy atom. The van der Waals surface area contributed by atoms with E-state index in [0.29, 0.717) is 55.8 Å². The Morgan fingerprint density at radius 3 is 2.67 bits per heavy atom. The SMILES string of the molecule is C#CCOc1c(OCC)cc(C=Nn2c(CCCC)nc3ccc(Br)cc3c2=O)c(Br)c1Br. The number of benzene rings is 2. The first kappa shape index (κ1) is 25.5. The van der Waals surface area contributed by atoms with E-state index in [1.165, 1.54) is 4.68 Å². The maximum absolute atomic E-state index is 13.3. The van der Waals surface area contributed by atoms with Crippen molar-refractivity contribution in [1.29, 1.82) is 0 Å². The smallest absolute Gasteiger partial charge is 0.282 e. The highest BCUT2D eigenvalue weighted by atomic mass is 79.9. The minimum Gasteiger partial charge on any atom is -0.490 e. The summed E-state index contributed by atoms with van der Waals surface area (Å²) in [5.41, 5.74) is 1.12. The van der Waals surface area contributed by atoms with Gasteiger partial charge in [0.25, 0.3) is 5.56 Å². The van der Waals surface area contributed by atoms with E-state index in [1.807, 2.05) is 19.1 Å². The first-order valence-electron chi connectivity index (χ1n) is 10.4. The Morgan fingerprint density at radius 2 is 1.97 bits per heavy atom. The van der Waals surface area contributed by atoms with Crippen LogP contribution in [0.1, 0.15) is 38.1 Å². The second-order valence-electron chi connectivity index (χ2n) is 7.00. The number of fused-ring (bicyclic) bond motifs is 1. The summed E-state index contributed by atoms with van der Waals surface area (Å²) < 4.78 is 14.9. The van der Waals surface area contributed by atoms with E-state index in [2.05, 4.69) is 65.7 Å². The number of hydrogen-bond acceptors (Lipinski definition) is 5. The summed E-state index contributed by atoms with van der Waals surface area (Å²) in [4.78, 5) is 18.0. The molecule has 6 nitrogen and oxygen atoms in total. The van der Waals surface area contributed by atoms with E-state index in [9.17, 15) is 4.79 Å². The number of hydrogen-bond donors (Lipinski definition) is 0. The largest absolute Gasteiger partial charge is 0.490 e. The van der Waals surface area contributed by atoms with Crippen molar-refractivity contribution < 1.29 is 9.47 Å². The van der Waals surface area contributed by atoms with Gasteiger partial charge >= 0.3 is 0 Å². The van der Waals surface area contributed by atoms with Gasteiger partial charge in [-0.05, 0) is 69.5 Å². The van der Waals surface area contributed by atoms with E-state index < -0.39 is 0 Å². The summed E-state index contributed by atoms with van der Waals surface area (Å²) in [6, 6.07) is 7.26. The number of terminal acetylenes is 1. The minimum atomic E-state index is -0.224. The Hall–Kier alpha value is -2.15. The third-order valence-corrected chi connectivity index (χ3v) is 7.33. The van der Waals surface area contributed by atoms with Gasteiger partial charge in [0.15, 0.2) is 11.5 Å². The number of halogens is 3. The summed E-state index contributed by atoms with van der Waals surface area (Å²) in [7, 11) is 0. The van der Waals surface area contributed by atoms with Crippen molar-refractivity contribution in [3.05, 3.63) is 59.4 Å². The van der Waals surface area contributed by atoms with Gasteiger partial charge in [-0.15, -0.1) is 6.42 Å². The molecule has 1 heterocycles. The molecule has 0 unspecified atom stereocenters. The third-order valence-electron chi connectivity index (χ3n) is 4.70. The number of aryl methyl sites for hydroxylation is 1. The molecule has 0 amide bonds. The zero-order valence-electron chi connectivity index (χ0n) is 18.2. The van der Waals surface area contributed by atoms with Crippen LogP contribution < -0.4 is 15.0 Å². The van der Waals surface area contributed by atoms with Crippen molar-refractivity contribution in [2.45, 2.75) is 33.1 Å². The number of nitrogens with zero attached hydrogens (tertiary/aromatic N) is 3. The first-order chi connectivity index (χ1) is 15.9. The van der Waals surface area contributed by atoms with Crippen molar-refractivity contribution in [3.8, 4) is 23.8 Å². The van der Waals surface area contributed by atoms with Crippen LogP contribution in [0.15, 0.2) is 47.6 Å². The fourth-order valence-electron chi connectivity index (χ4n) is 3.14. The Labute approximate surface area is 217 Å². The molecule has 0 fully saturated rings. The zero-order chi connectivity index (χ0) is 24.0. The molecule has 0 radical (unpaired) electrons. The van der Waals surface area contributed by atoms with Crippen LogP contribution >= 0.6 is 47.8 Å². The van der Waals surface area contributed by atoms with Crippen molar-refractivity contribution in [2.24, 2.45) is 5.10 Å². The lowest BCUT2D eigenvalue weighted by Gasteiger charge is -2.15. The summed E-state index contributed by atoms with van der Waals surface area (Å²) in [5.74, 6) is 4.08. The molecule has 1 aromatic heterocycles. The van der Waals surface area contributed by atoms with Gasteiger partial charge in [-0.1, -0.05) is 35.2 Å². The van der Waals surface area contributed by atoms with Gasteiger partial charge in [0, 0.05) is 20.9 Å². The predicted molar refractivity (Wildman–Crippen MR) is 143 cm³/mol. The normalized spacial score (nSPS) is 11.2. The Bertz CT molecular complexity index is 1300. The van der Waals surface area contributed by atoms with Gasteiger partial charge in [0.05, 0.1) is 28.2 Å². The van der Waals surface area contributed by atoms with Gasteiger partial charge < -0.3 is 9.47 Å². The summed E-state index contributed by atoms with van der Waals surface area (Å²) in [6.45, 7) is 4.53. The fourth-order valence-corrected chi connectivity index (χ4v) is 4.44. The highest BCUT2D eigenvalue weighted by Gasteiger charge is 2.17. The molecule has 2 aromatic carbocycles. The van der Waals surface area contributed by atoms with Crippen molar-refractivity contribution in [2.75, 3.05) is 13.2 Å². The number of rotatable bonds is 9. The van der Waals surface area contributed by atoms with Crippen LogP contribution in [0.25, 0.3) is 10.9 Å². The molecule has 3 rings (SSSR count). The van der Waals surface area contributed by atoms with E-state index in [4.69, 9.17) is 20.9 Å². The second kappa shape index (κ2) is 11.8. The van der Waals surface area contributed by atoms with Crippen LogP contribution in [0.3, 0.4) is 0 Å². The monoisotopic (exact) mass is 637 g/mol. The molecule has 0 N–H and O–H groups in total. The lowest BCUT2D eigenvalue weighted by molar-refractivity contribution is 0.297. The average molecular weight is 640 g/mol. The molecule has 0 aliphatic carbocycles. The van der Waals surface area contributed by atoms with Crippen LogP contribution in [-0.4, -0.2) is 29.1 Å². The molecule has 0 atom stereocenters. The van der Waals surface area contributed by atoms with Gasteiger partial charge in [-0.25, -0.2) is 4.98 Å². The maximum atomic E-state index is 13.3. The van der Waals surface area contributed by atoms with Gasteiger partial charge in [0.2, 0.25) is 0 Å². The van der Waals surface area contributed by atoms with Gasteiger partial charge in [-0.2, -0.15) is 9.78 Å². The van der Waals surface area contributed by atoms with Crippen LogP contribution in [0.4, 0.5) is 0 Å². The number of unbranched alkanes of at least 4 members (excludes halogenated alkanes) is 1. The van der Waals surface area contributed by atoms with Gasteiger partial charge in [-0.3, -0.25) is 4.79 Å². The summed E-state index contributed by atoms with van der Waals surface area (Å²) >= 11 is 10.5. The molecule has 33 heavy (non-hydrogen) atoms. The number of ether oxygens (including phenoxy) is 2. The Balaban J connectivity index is 2.14. The standard InChI is InChI=1S/C24H22Br3N3O3/c1-4-7-8-20-29-18-10-9-16(25)13-17(18)24(31)30(20)28-14-15-12-19(32-6-3)23(33-11-5-2)22(27)21(15)26/h2,9-10,12-14H,4,6-8,11H2,1,3H3. The molecule has 3 aromatic rings. The van der Waals surface area contributed by atoms with Crippen LogP contribution in [0.5, 0.6) is 11.5 Å². The summed E-state index contributed by atoms with van der Waals surface area (Å²) in [6.07, 6.45) is 9.46. The quantitative estimate of drug-likeness (QED) is 0.203.